The van der Waals surface area contributed by atoms with Gasteiger partial charge in [0.1, 0.15) is 17.3 Å². The second kappa shape index (κ2) is 9.62. The highest BCUT2D eigenvalue weighted by atomic mass is 32.2. The van der Waals surface area contributed by atoms with Gasteiger partial charge in [-0.05, 0) is 19.1 Å². The number of alkyl halides is 3. The molecule has 0 spiro atoms. The molecule has 30 heavy (non-hydrogen) atoms. The van der Waals surface area contributed by atoms with Gasteiger partial charge in [-0.1, -0.05) is 0 Å². The summed E-state index contributed by atoms with van der Waals surface area (Å²) >= 11 is 0. The Morgan fingerprint density at radius 2 is 1.97 bits per heavy atom. The molecule has 0 radical (unpaired) electrons. The maximum Gasteiger partial charge on any atom is 0.490 e. The van der Waals surface area contributed by atoms with Gasteiger partial charge in [-0.3, -0.25) is 4.90 Å². The van der Waals surface area contributed by atoms with E-state index in [1.165, 1.54) is 6.26 Å². The second-order valence-electron chi connectivity index (χ2n) is 6.75. The third-order valence-electron chi connectivity index (χ3n) is 4.25. The van der Waals surface area contributed by atoms with Gasteiger partial charge in [0.05, 0.1) is 25.0 Å². The number of carboxylic acids is 1. The molecule has 3 rings (SSSR count). The molecule has 0 fully saturated rings. The van der Waals surface area contributed by atoms with E-state index in [2.05, 4.69) is 19.2 Å². The summed E-state index contributed by atoms with van der Waals surface area (Å²) < 4.78 is 64.5. The Labute approximate surface area is 171 Å². The summed E-state index contributed by atoms with van der Waals surface area (Å²) in [6, 6.07) is 3.99. The summed E-state index contributed by atoms with van der Waals surface area (Å²) in [4.78, 5) is 15.7. The number of sulfonamides is 1. The number of imidazole rings is 1. The Hall–Kier alpha value is -2.38. The van der Waals surface area contributed by atoms with Crippen molar-refractivity contribution < 1.29 is 35.9 Å². The number of rotatable bonds is 5. The van der Waals surface area contributed by atoms with Crippen molar-refractivity contribution in [3.8, 4) is 0 Å². The first-order valence-electron chi connectivity index (χ1n) is 8.91. The van der Waals surface area contributed by atoms with E-state index < -0.39 is 22.2 Å². The van der Waals surface area contributed by atoms with Crippen LogP contribution in [-0.2, 0) is 40.9 Å². The van der Waals surface area contributed by atoms with Crippen LogP contribution in [0.3, 0.4) is 0 Å². The lowest BCUT2D eigenvalue weighted by Gasteiger charge is -2.18. The zero-order valence-electron chi connectivity index (χ0n) is 16.4. The number of aliphatic carboxylic acids is 1. The number of hydrogen-bond acceptors (Lipinski definition) is 6. The summed E-state index contributed by atoms with van der Waals surface area (Å²) in [7, 11) is -3.20. The first-order valence-corrected chi connectivity index (χ1v) is 10.8. The molecule has 0 atom stereocenters. The number of nitrogens with one attached hydrogen (secondary N) is 1. The standard InChI is InChI=1S/C15H22N4O3S.C2HF3O2/c1-12-3-4-14(22-12)11-18-6-5-15-16-9-13(19(15)8-7-18)10-17-23(2,20)21;3-2(4,5)1(6)7/h3-4,9,17H,5-8,10-11H2,1-2H3;(H,6,7). The van der Waals surface area contributed by atoms with Crippen molar-refractivity contribution in [2.75, 3.05) is 19.3 Å². The zero-order chi connectivity index (χ0) is 22.5. The maximum absolute atomic E-state index is 11.3. The van der Waals surface area contributed by atoms with Gasteiger partial charge < -0.3 is 14.1 Å². The van der Waals surface area contributed by atoms with Crippen molar-refractivity contribution in [1.29, 1.82) is 0 Å². The molecule has 0 unspecified atom stereocenters. The van der Waals surface area contributed by atoms with Gasteiger partial charge in [-0.25, -0.2) is 22.9 Å². The van der Waals surface area contributed by atoms with Crippen molar-refractivity contribution in [3.05, 3.63) is 41.4 Å². The number of fused-ring (bicyclic) bond motifs is 1. The van der Waals surface area contributed by atoms with E-state index in [9.17, 15) is 21.6 Å². The van der Waals surface area contributed by atoms with Crippen LogP contribution in [0.15, 0.2) is 22.7 Å². The van der Waals surface area contributed by atoms with Crippen LogP contribution in [0.2, 0.25) is 0 Å². The largest absolute Gasteiger partial charge is 0.490 e. The predicted molar refractivity (Wildman–Crippen MR) is 100 cm³/mol. The summed E-state index contributed by atoms with van der Waals surface area (Å²) in [6.45, 7) is 5.61. The number of nitrogens with zero attached hydrogens (tertiary/aromatic N) is 3. The van der Waals surface area contributed by atoms with Crippen LogP contribution in [-0.4, -0.2) is 59.5 Å². The Balaban J connectivity index is 0.000000396. The molecule has 1 aliphatic heterocycles. The first kappa shape index (κ1) is 23.9. The van der Waals surface area contributed by atoms with Crippen molar-refractivity contribution in [3.63, 3.8) is 0 Å². The third-order valence-corrected chi connectivity index (χ3v) is 4.91. The van der Waals surface area contributed by atoms with Crippen LogP contribution in [0, 0.1) is 6.92 Å². The molecule has 0 aliphatic carbocycles. The number of carbonyl (C=O) groups is 1. The summed E-state index contributed by atoms with van der Waals surface area (Å²) in [5.41, 5.74) is 0.904. The molecule has 2 aromatic heterocycles. The molecule has 0 saturated heterocycles. The van der Waals surface area contributed by atoms with E-state index in [0.29, 0.717) is 0 Å². The predicted octanol–water partition coefficient (Wildman–Crippen LogP) is 1.53. The van der Waals surface area contributed by atoms with Crippen molar-refractivity contribution in [2.24, 2.45) is 0 Å². The van der Waals surface area contributed by atoms with E-state index in [1.807, 2.05) is 19.1 Å². The molecule has 0 aromatic carbocycles. The number of hydrogen-bond donors (Lipinski definition) is 2. The Morgan fingerprint density at radius 1 is 1.30 bits per heavy atom. The summed E-state index contributed by atoms with van der Waals surface area (Å²) in [5, 5.41) is 7.12. The average molecular weight is 452 g/mol. The van der Waals surface area contributed by atoms with E-state index in [0.717, 1.165) is 55.6 Å². The lowest BCUT2D eigenvalue weighted by atomic mass is 10.3. The van der Waals surface area contributed by atoms with Crippen LogP contribution < -0.4 is 4.72 Å². The number of furan rings is 1. The lowest BCUT2D eigenvalue weighted by molar-refractivity contribution is -0.192. The van der Waals surface area contributed by atoms with Crippen LogP contribution in [0.25, 0.3) is 0 Å². The minimum absolute atomic E-state index is 0.281. The molecule has 0 amide bonds. The molecular formula is C17H23F3N4O5S. The number of carboxylic acid groups (broad SMARTS) is 1. The van der Waals surface area contributed by atoms with Crippen LogP contribution in [0.4, 0.5) is 13.2 Å². The molecule has 9 nitrogen and oxygen atoms in total. The van der Waals surface area contributed by atoms with Gasteiger partial charge in [0.15, 0.2) is 0 Å². The molecule has 0 saturated carbocycles. The molecule has 168 valence electrons. The number of aromatic nitrogens is 2. The van der Waals surface area contributed by atoms with Crippen molar-refractivity contribution in [2.45, 2.75) is 39.2 Å². The van der Waals surface area contributed by atoms with E-state index in [4.69, 9.17) is 14.3 Å². The van der Waals surface area contributed by atoms with Gasteiger partial charge in [0.2, 0.25) is 10.0 Å². The van der Waals surface area contributed by atoms with E-state index in [1.54, 1.807) is 6.20 Å². The van der Waals surface area contributed by atoms with Crippen molar-refractivity contribution >= 4 is 16.0 Å². The minimum atomic E-state index is -5.08. The van der Waals surface area contributed by atoms with Gasteiger partial charge in [-0.2, -0.15) is 13.2 Å². The van der Waals surface area contributed by atoms with Gasteiger partial charge in [0.25, 0.3) is 0 Å². The molecule has 1 aliphatic rings. The molecule has 2 N–H and O–H groups in total. The second-order valence-corrected chi connectivity index (χ2v) is 8.59. The quantitative estimate of drug-likeness (QED) is 0.706. The fourth-order valence-electron chi connectivity index (χ4n) is 2.83. The topological polar surface area (TPSA) is 118 Å². The number of halogens is 3. The average Bonchev–Trinajstić information content (AvgIpc) is 3.14. The van der Waals surface area contributed by atoms with Gasteiger partial charge >= 0.3 is 12.1 Å². The molecule has 0 bridgehead atoms. The highest BCUT2D eigenvalue weighted by Crippen LogP contribution is 2.15. The Kier molecular flexibility index (Phi) is 7.66. The fourth-order valence-corrected chi connectivity index (χ4v) is 3.24. The highest BCUT2D eigenvalue weighted by Gasteiger charge is 2.38. The van der Waals surface area contributed by atoms with Crippen molar-refractivity contribution in [1.82, 2.24) is 19.2 Å². The molecule has 13 heteroatoms. The summed E-state index contributed by atoms with van der Waals surface area (Å²) in [6.07, 6.45) is -1.31. The van der Waals surface area contributed by atoms with Crippen LogP contribution in [0.1, 0.15) is 23.0 Å². The normalized spacial score (nSPS) is 15.1. The third kappa shape index (κ3) is 7.46. The lowest BCUT2D eigenvalue weighted by Crippen LogP contribution is -2.27. The monoisotopic (exact) mass is 452 g/mol. The first-order chi connectivity index (χ1) is 13.8. The number of aryl methyl sites for hydroxylation is 1. The SMILES string of the molecule is Cc1ccc(CN2CCc3ncc(CNS(C)(=O)=O)n3CC2)o1.O=C(O)C(F)(F)F. The fraction of sp³-hybridized carbons (Fsp3) is 0.529. The van der Waals surface area contributed by atoms with E-state index >= 15 is 0 Å². The van der Waals surface area contributed by atoms with Crippen LogP contribution in [0.5, 0.6) is 0 Å². The van der Waals surface area contributed by atoms with Crippen LogP contribution >= 0.6 is 0 Å². The molecule has 2 aromatic rings. The van der Waals surface area contributed by atoms with Gasteiger partial charge in [-0.15, -0.1) is 0 Å². The Morgan fingerprint density at radius 3 is 2.50 bits per heavy atom. The zero-order valence-corrected chi connectivity index (χ0v) is 17.3. The highest BCUT2D eigenvalue weighted by molar-refractivity contribution is 7.88. The maximum atomic E-state index is 11.3. The Bertz CT molecular complexity index is 968. The molecular weight excluding hydrogens is 429 g/mol. The van der Waals surface area contributed by atoms with Gasteiger partial charge in [0, 0.05) is 32.3 Å². The minimum Gasteiger partial charge on any atom is -0.475 e. The molecule has 3 heterocycles. The smallest absolute Gasteiger partial charge is 0.475 e. The summed E-state index contributed by atoms with van der Waals surface area (Å²) in [5.74, 6) is 0.152. The van der Waals surface area contributed by atoms with E-state index in [-0.39, 0.29) is 6.54 Å².